The van der Waals surface area contributed by atoms with Gasteiger partial charge in [0.2, 0.25) is 0 Å². The number of pyridine rings is 2. The number of nitrogens with zero attached hydrogens (tertiary/aromatic N) is 2. The van der Waals surface area contributed by atoms with Crippen molar-refractivity contribution in [3.8, 4) is 11.1 Å². The highest BCUT2D eigenvalue weighted by Gasteiger charge is 2.11. The Morgan fingerprint density at radius 2 is 2.22 bits per heavy atom. The molecule has 2 aromatic rings. The molecule has 18 heavy (non-hydrogen) atoms. The van der Waals surface area contributed by atoms with Gasteiger partial charge in [-0.05, 0) is 29.7 Å². The Morgan fingerprint density at radius 1 is 1.44 bits per heavy atom. The van der Waals surface area contributed by atoms with Crippen LogP contribution in [0, 0.1) is 0 Å². The SMILES string of the molecule is CCc1cnccc1-c1cnc(Cl)c(C(N)=O)c1. The maximum absolute atomic E-state index is 11.2. The van der Waals surface area contributed by atoms with Crippen LogP contribution in [0.25, 0.3) is 11.1 Å². The summed E-state index contributed by atoms with van der Waals surface area (Å²) in [6.07, 6.45) is 5.97. The Morgan fingerprint density at radius 3 is 2.89 bits per heavy atom. The van der Waals surface area contributed by atoms with E-state index in [1.54, 1.807) is 24.7 Å². The minimum Gasteiger partial charge on any atom is -0.366 e. The van der Waals surface area contributed by atoms with E-state index >= 15 is 0 Å². The molecule has 0 aliphatic heterocycles. The van der Waals surface area contributed by atoms with Gasteiger partial charge in [0, 0.05) is 24.2 Å². The lowest BCUT2D eigenvalue weighted by Crippen LogP contribution is -2.12. The van der Waals surface area contributed by atoms with Gasteiger partial charge in [-0.1, -0.05) is 18.5 Å². The van der Waals surface area contributed by atoms with Crippen LogP contribution in [0.5, 0.6) is 0 Å². The lowest BCUT2D eigenvalue weighted by molar-refractivity contribution is 0.1000. The van der Waals surface area contributed by atoms with Gasteiger partial charge in [0.15, 0.2) is 0 Å². The molecule has 0 unspecified atom stereocenters. The summed E-state index contributed by atoms with van der Waals surface area (Å²) in [5.74, 6) is -0.582. The number of amides is 1. The van der Waals surface area contributed by atoms with Crippen LogP contribution in [0.4, 0.5) is 0 Å². The minimum atomic E-state index is -0.582. The quantitative estimate of drug-likeness (QED) is 0.863. The van der Waals surface area contributed by atoms with Gasteiger partial charge in [-0.25, -0.2) is 4.98 Å². The number of hydrogen-bond acceptors (Lipinski definition) is 3. The first kappa shape index (κ1) is 12.5. The number of hydrogen-bond donors (Lipinski definition) is 1. The fourth-order valence-corrected chi connectivity index (χ4v) is 1.96. The van der Waals surface area contributed by atoms with Crippen LogP contribution in [-0.2, 0) is 6.42 Å². The summed E-state index contributed by atoms with van der Waals surface area (Å²) in [6, 6.07) is 3.54. The summed E-state index contributed by atoms with van der Waals surface area (Å²) < 4.78 is 0. The molecule has 92 valence electrons. The number of primary amides is 1. The van der Waals surface area contributed by atoms with Gasteiger partial charge in [0.1, 0.15) is 5.15 Å². The highest BCUT2D eigenvalue weighted by atomic mass is 35.5. The molecule has 0 radical (unpaired) electrons. The monoisotopic (exact) mass is 261 g/mol. The third-order valence-electron chi connectivity index (χ3n) is 2.70. The van der Waals surface area contributed by atoms with Crippen LogP contribution in [0.3, 0.4) is 0 Å². The van der Waals surface area contributed by atoms with Crippen LogP contribution in [-0.4, -0.2) is 15.9 Å². The molecule has 0 bridgehead atoms. The van der Waals surface area contributed by atoms with Crippen LogP contribution in [0.1, 0.15) is 22.8 Å². The van der Waals surface area contributed by atoms with E-state index in [9.17, 15) is 4.79 Å². The Bertz CT molecular complexity index is 599. The predicted molar refractivity (Wildman–Crippen MR) is 70.4 cm³/mol. The zero-order valence-electron chi connectivity index (χ0n) is 9.85. The number of carbonyl (C=O) groups excluding carboxylic acids is 1. The molecule has 0 saturated heterocycles. The van der Waals surface area contributed by atoms with Gasteiger partial charge in [0.25, 0.3) is 5.91 Å². The molecule has 0 fully saturated rings. The van der Waals surface area contributed by atoms with Crippen molar-refractivity contribution in [2.45, 2.75) is 13.3 Å². The summed E-state index contributed by atoms with van der Waals surface area (Å²) in [5.41, 5.74) is 8.36. The summed E-state index contributed by atoms with van der Waals surface area (Å²) in [4.78, 5) is 19.3. The largest absolute Gasteiger partial charge is 0.366 e. The molecule has 0 aliphatic carbocycles. The van der Waals surface area contributed by atoms with Gasteiger partial charge in [0.05, 0.1) is 5.56 Å². The standard InChI is InChI=1S/C13H12ClN3O/c1-2-8-6-16-4-3-10(8)9-5-11(13(15)18)12(14)17-7-9/h3-7H,2H2,1H3,(H2,15,18). The molecule has 5 heteroatoms. The Hall–Kier alpha value is -1.94. The Kier molecular flexibility index (Phi) is 3.58. The van der Waals surface area contributed by atoms with Crippen LogP contribution in [0.2, 0.25) is 5.15 Å². The van der Waals surface area contributed by atoms with Crippen LogP contribution in [0.15, 0.2) is 30.7 Å². The molecule has 0 aromatic carbocycles. The highest BCUT2D eigenvalue weighted by molar-refractivity contribution is 6.32. The maximum atomic E-state index is 11.2. The molecule has 2 N–H and O–H groups in total. The number of aromatic nitrogens is 2. The van der Waals surface area contributed by atoms with E-state index in [2.05, 4.69) is 9.97 Å². The van der Waals surface area contributed by atoms with Gasteiger partial charge in [-0.3, -0.25) is 9.78 Å². The van der Waals surface area contributed by atoms with Gasteiger partial charge >= 0.3 is 0 Å². The molecule has 2 aromatic heterocycles. The molecular weight excluding hydrogens is 250 g/mol. The van der Waals surface area contributed by atoms with Gasteiger partial charge < -0.3 is 5.73 Å². The minimum absolute atomic E-state index is 0.123. The summed E-state index contributed by atoms with van der Waals surface area (Å²) in [7, 11) is 0. The van der Waals surface area contributed by atoms with Crippen molar-refractivity contribution in [3.63, 3.8) is 0 Å². The van der Waals surface area contributed by atoms with Crippen molar-refractivity contribution in [2.24, 2.45) is 5.73 Å². The third kappa shape index (κ3) is 2.33. The molecule has 0 aliphatic rings. The average molecular weight is 262 g/mol. The molecular formula is C13H12ClN3O. The first-order valence-corrected chi connectivity index (χ1v) is 5.90. The highest BCUT2D eigenvalue weighted by Crippen LogP contribution is 2.25. The van der Waals surface area contributed by atoms with Crippen LogP contribution >= 0.6 is 11.6 Å². The van der Waals surface area contributed by atoms with E-state index < -0.39 is 5.91 Å². The molecule has 0 atom stereocenters. The number of aryl methyl sites for hydroxylation is 1. The zero-order chi connectivity index (χ0) is 13.1. The van der Waals surface area contributed by atoms with Gasteiger partial charge in [-0.15, -0.1) is 0 Å². The number of nitrogens with two attached hydrogens (primary N) is 1. The molecule has 1 amide bonds. The molecule has 0 spiro atoms. The van der Waals surface area contributed by atoms with E-state index in [0.717, 1.165) is 23.1 Å². The second-order valence-electron chi connectivity index (χ2n) is 3.81. The van der Waals surface area contributed by atoms with E-state index in [-0.39, 0.29) is 10.7 Å². The molecule has 2 heterocycles. The van der Waals surface area contributed by atoms with E-state index in [0.29, 0.717) is 0 Å². The topological polar surface area (TPSA) is 68.9 Å². The fraction of sp³-hybridized carbons (Fsp3) is 0.154. The first-order valence-electron chi connectivity index (χ1n) is 5.52. The smallest absolute Gasteiger partial charge is 0.251 e. The van der Waals surface area contributed by atoms with Gasteiger partial charge in [-0.2, -0.15) is 0 Å². The molecule has 4 nitrogen and oxygen atoms in total. The van der Waals surface area contributed by atoms with Crippen molar-refractivity contribution in [1.82, 2.24) is 9.97 Å². The third-order valence-corrected chi connectivity index (χ3v) is 3.00. The van der Waals surface area contributed by atoms with Crippen molar-refractivity contribution in [2.75, 3.05) is 0 Å². The van der Waals surface area contributed by atoms with Crippen molar-refractivity contribution in [3.05, 3.63) is 47.0 Å². The zero-order valence-corrected chi connectivity index (χ0v) is 10.6. The predicted octanol–water partition coefficient (Wildman–Crippen LogP) is 2.46. The summed E-state index contributed by atoms with van der Waals surface area (Å²) >= 11 is 5.83. The average Bonchev–Trinajstić information content (AvgIpc) is 2.39. The fourth-order valence-electron chi connectivity index (χ4n) is 1.76. The van der Waals surface area contributed by atoms with Crippen LogP contribution < -0.4 is 5.73 Å². The Balaban J connectivity index is 2.58. The van der Waals surface area contributed by atoms with E-state index in [1.165, 1.54) is 0 Å². The van der Waals surface area contributed by atoms with E-state index in [4.69, 9.17) is 17.3 Å². The van der Waals surface area contributed by atoms with Crippen molar-refractivity contribution < 1.29 is 4.79 Å². The van der Waals surface area contributed by atoms with E-state index in [1.807, 2.05) is 13.0 Å². The van der Waals surface area contributed by atoms with Crippen molar-refractivity contribution >= 4 is 17.5 Å². The number of halogens is 1. The lowest BCUT2D eigenvalue weighted by atomic mass is 10.0. The number of rotatable bonds is 3. The Labute approximate surface area is 110 Å². The molecule has 2 rings (SSSR count). The lowest BCUT2D eigenvalue weighted by Gasteiger charge is -2.08. The number of carbonyl (C=O) groups is 1. The first-order chi connectivity index (χ1) is 8.63. The maximum Gasteiger partial charge on any atom is 0.251 e. The second-order valence-corrected chi connectivity index (χ2v) is 4.17. The second kappa shape index (κ2) is 5.14. The summed E-state index contributed by atoms with van der Waals surface area (Å²) in [6.45, 7) is 2.04. The normalized spacial score (nSPS) is 10.3. The summed E-state index contributed by atoms with van der Waals surface area (Å²) in [5, 5.41) is 0.123. The molecule has 0 saturated carbocycles. The van der Waals surface area contributed by atoms with Crippen molar-refractivity contribution in [1.29, 1.82) is 0 Å².